The number of rotatable bonds is 3. The van der Waals surface area contributed by atoms with Gasteiger partial charge in [-0.05, 0) is 17.5 Å². The predicted octanol–water partition coefficient (Wildman–Crippen LogP) is 2.68. The van der Waals surface area contributed by atoms with Crippen LogP contribution in [0.2, 0.25) is 0 Å². The average Bonchev–Trinajstić information content (AvgIpc) is 2.54. The van der Waals surface area contributed by atoms with E-state index in [1.165, 1.54) is 16.6 Å². The first-order chi connectivity index (χ1) is 7.18. The van der Waals surface area contributed by atoms with Crippen LogP contribution >= 0.6 is 0 Å². The van der Waals surface area contributed by atoms with Crippen LogP contribution in [-0.4, -0.2) is 10.6 Å². The van der Waals surface area contributed by atoms with Crippen LogP contribution in [0.3, 0.4) is 0 Å². The Labute approximate surface area is 90.9 Å². The normalized spacial score (nSPS) is 11.5. The zero-order valence-corrected chi connectivity index (χ0v) is 9.62. The van der Waals surface area contributed by atoms with Gasteiger partial charge in [0, 0.05) is 30.8 Å². The molecule has 1 aromatic heterocycles. The molecule has 0 atom stereocenters. The van der Waals surface area contributed by atoms with Gasteiger partial charge in [-0.15, -0.1) is 0 Å². The van der Waals surface area contributed by atoms with E-state index in [9.17, 15) is 0 Å². The molecule has 15 heavy (non-hydrogen) atoms. The quantitative estimate of drug-likeness (QED) is 0.809. The molecule has 1 aromatic carbocycles. The van der Waals surface area contributed by atoms with Crippen LogP contribution < -0.4 is 5.32 Å². The number of fused-ring (bicyclic) bond motifs is 1. The third-order valence-electron chi connectivity index (χ3n) is 2.74. The van der Waals surface area contributed by atoms with Crippen molar-refractivity contribution < 1.29 is 0 Å². The van der Waals surface area contributed by atoms with E-state index in [-0.39, 0.29) is 0 Å². The molecule has 0 bridgehead atoms. The zero-order chi connectivity index (χ0) is 10.8. The molecule has 0 radical (unpaired) electrons. The molecule has 0 aliphatic rings. The maximum atomic E-state index is 3.44. The van der Waals surface area contributed by atoms with Gasteiger partial charge in [-0.3, -0.25) is 0 Å². The van der Waals surface area contributed by atoms with E-state index in [0.29, 0.717) is 6.04 Å². The van der Waals surface area contributed by atoms with Gasteiger partial charge in [0.25, 0.3) is 0 Å². The molecule has 1 heterocycles. The van der Waals surface area contributed by atoms with Crippen molar-refractivity contribution >= 4 is 10.9 Å². The van der Waals surface area contributed by atoms with Gasteiger partial charge in [0.05, 0.1) is 0 Å². The summed E-state index contributed by atoms with van der Waals surface area (Å²) in [5.74, 6) is 0. The van der Waals surface area contributed by atoms with Crippen LogP contribution in [0, 0.1) is 0 Å². The second-order valence-electron chi connectivity index (χ2n) is 4.29. The topological polar surface area (TPSA) is 17.0 Å². The van der Waals surface area contributed by atoms with Crippen molar-refractivity contribution in [3.05, 3.63) is 36.0 Å². The first-order valence-electron chi connectivity index (χ1n) is 5.45. The van der Waals surface area contributed by atoms with E-state index in [1.807, 2.05) is 0 Å². The Morgan fingerprint density at radius 3 is 2.67 bits per heavy atom. The van der Waals surface area contributed by atoms with Crippen molar-refractivity contribution in [1.29, 1.82) is 0 Å². The molecule has 0 saturated carbocycles. The van der Waals surface area contributed by atoms with Crippen molar-refractivity contribution in [2.75, 3.05) is 0 Å². The standard InChI is InChI=1S/C13H18N2/c1-10(2)14-9-12-8-11-6-4-5-7-13(11)15(12)3/h4-8,10,14H,9H2,1-3H3. The molecular weight excluding hydrogens is 184 g/mol. The monoisotopic (exact) mass is 202 g/mol. The summed E-state index contributed by atoms with van der Waals surface area (Å²) in [7, 11) is 2.12. The number of aromatic nitrogens is 1. The second kappa shape index (κ2) is 4.07. The van der Waals surface area contributed by atoms with Crippen LogP contribution in [0.5, 0.6) is 0 Å². The highest BCUT2D eigenvalue weighted by atomic mass is 15.0. The third kappa shape index (κ3) is 2.05. The Morgan fingerprint density at radius 1 is 1.27 bits per heavy atom. The van der Waals surface area contributed by atoms with E-state index >= 15 is 0 Å². The SMILES string of the molecule is CC(C)NCc1cc2ccccc2n1C. The van der Waals surface area contributed by atoms with Gasteiger partial charge < -0.3 is 9.88 Å². The molecule has 2 nitrogen and oxygen atoms in total. The summed E-state index contributed by atoms with van der Waals surface area (Å²) in [4.78, 5) is 0. The fourth-order valence-corrected chi connectivity index (χ4v) is 1.82. The Morgan fingerprint density at radius 2 is 2.00 bits per heavy atom. The summed E-state index contributed by atoms with van der Waals surface area (Å²) in [5, 5.41) is 4.76. The van der Waals surface area contributed by atoms with Crippen molar-refractivity contribution in [3.8, 4) is 0 Å². The average molecular weight is 202 g/mol. The van der Waals surface area contributed by atoms with Gasteiger partial charge >= 0.3 is 0 Å². The van der Waals surface area contributed by atoms with Crippen molar-refractivity contribution in [1.82, 2.24) is 9.88 Å². The molecule has 0 aliphatic heterocycles. The van der Waals surface area contributed by atoms with Crippen molar-refractivity contribution in [3.63, 3.8) is 0 Å². The fourth-order valence-electron chi connectivity index (χ4n) is 1.82. The number of aryl methyl sites for hydroxylation is 1. The molecule has 2 rings (SSSR count). The number of nitrogens with zero attached hydrogens (tertiary/aromatic N) is 1. The number of benzene rings is 1. The molecule has 2 aromatic rings. The smallest absolute Gasteiger partial charge is 0.0480 e. The Kier molecular flexibility index (Phi) is 2.78. The molecular formula is C13H18N2. The molecule has 0 aliphatic carbocycles. The first kappa shape index (κ1) is 10.2. The molecule has 0 unspecified atom stereocenters. The molecule has 0 amide bonds. The Bertz CT molecular complexity index is 455. The maximum Gasteiger partial charge on any atom is 0.0480 e. The van der Waals surface area contributed by atoms with Gasteiger partial charge in [0.2, 0.25) is 0 Å². The molecule has 2 heteroatoms. The number of para-hydroxylation sites is 1. The van der Waals surface area contributed by atoms with Crippen LogP contribution in [0.1, 0.15) is 19.5 Å². The summed E-state index contributed by atoms with van der Waals surface area (Å²) in [6.07, 6.45) is 0. The molecule has 0 saturated heterocycles. The van der Waals surface area contributed by atoms with Crippen molar-refractivity contribution in [2.24, 2.45) is 7.05 Å². The minimum absolute atomic E-state index is 0.531. The fraction of sp³-hybridized carbons (Fsp3) is 0.385. The summed E-state index contributed by atoms with van der Waals surface area (Å²) >= 11 is 0. The first-order valence-corrected chi connectivity index (χ1v) is 5.45. The van der Waals surface area contributed by atoms with E-state index in [4.69, 9.17) is 0 Å². The van der Waals surface area contributed by atoms with Gasteiger partial charge in [0.15, 0.2) is 0 Å². The molecule has 1 N–H and O–H groups in total. The number of nitrogens with one attached hydrogen (secondary N) is 1. The minimum Gasteiger partial charge on any atom is -0.346 e. The Balaban J connectivity index is 2.32. The predicted molar refractivity (Wildman–Crippen MR) is 64.9 cm³/mol. The van der Waals surface area contributed by atoms with Gasteiger partial charge in [-0.2, -0.15) is 0 Å². The number of hydrogen-bond donors (Lipinski definition) is 1. The summed E-state index contributed by atoms with van der Waals surface area (Å²) < 4.78 is 2.25. The van der Waals surface area contributed by atoms with Crippen LogP contribution in [0.4, 0.5) is 0 Å². The second-order valence-corrected chi connectivity index (χ2v) is 4.29. The van der Waals surface area contributed by atoms with Gasteiger partial charge in [0.1, 0.15) is 0 Å². The van der Waals surface area contributed by atoms with Crippen LogP contribution in [-0.2, 0) is 13.6 Å². The highest BCUT2D eigenvalue weighted by molar-refractivity contribution is 5.81. The zero-order valence-electron chi connectivity index (χ0n) is 9.62. The van der Waals surface area contributed by atoms with Crippen molar-refractivity contribution in [2.45, 2.75) is 26.4 Å². The van der Waals surface area contributed by atoms with E-state index in [1.54, 1.807) is 0 Å². The number of hydrogen-bond acceptors (Lipinski definition) is 1. The summed E-state index contributed by atoms with van der Waals surface area (Å²) in [6, 6.07) is 11.3. The van der Waals surface area contributed by atoms with Gasteiger partial charge in [-0.1, -0.05) is 32.0 Å². The largest absolute Gasteiger partial charge is 0.346 e. The van der Waals surface area contributed by atoms with Crippen LogP contribution in [0.15, 0.2) is 30.3 Å². The third-order valence-corrected chi connectivity index (χ3v) is 2.74. The maximum absolute atomic E-state index is 3.44. The lowest BCUT2D eigenvalue weighted by molar-refractivity contribution is 0.572. The van der Waals surface area contributed by atoms with Crippen LogP contribution in [0.25, 0.3) is 10.9 Å². The summed E-state index contributed by atoms with van der Waals surface area (Å²) in [6.45, 7) is 5.27. The lowest BCUT2D eigenvalue weighted by atomic mass is 10.2. The molecule has 0 spiro atoms. The molecule has 0 fully saturated rings. The minimum atomic E-state index is 0.531. The van der Waals surface area contributed by atoms with E-state index in [2.05, 4.69) is 61.1 Å². The highest BCUT2D eigenvalue weighted by Crippen LogP contribution is 2.17. The Hall–Kier alpha value is -1.28. The molecule has 80 valence electrons. The highest BCUT2D eigenvalue weighted by Gasteiger charge is 2.04. The summed E-state index contributed by atoms with van der Waals surface area (Å²) in [5.41, 5.74) is 2.64. The lowest BCUT2D eigenvalue weighted by Crippen LogP contribution is -2.22. The lowest BCUT2D eigenvalue weighted by Gasteiger charge is -2.08. The van der Waals surface area contributed by atoms with E-state index < -0.39 is 0 Å². The van der Waals surface area contributed by atoms with Gasteiger partial charge in [-0.25, -0.2) is 0 Å². The van der Waals surface area contributed by atoms with E-state index in [0.717, 1.165) is 6.54 Å².